The number of nitrogens with two attached hydrogens (primary N) is 1. The molecule has 2 heterocycles. The molecule has 0 saturated carbocycles. The summed E-state index contributed by atoms with van der Waals surface area (Å²) in [5.41, 5.74) is 6.08. The Bertz CT molecular complexity index is 239. The largest absolute Gasteiger partial charge is 0.329 e. The average molecular weight is 270 g/mol. The fraction of sp³-hybridized carbons (Fsp3) is 1.00. The third-order valence-electron chi connectivity index (χ3n) is 4.97. The molecule has 0 bridgehead atoms. The van der Waals surface area contributed by atoms with Crippen LogP contribution in [0.5, 0.6) is 0 Å². The summed E-state index contributed by atoms with van der Waals surface area (Å²) in [5.74, 6) is 5.33. The predicted octanol–water partition coefficient (Wildman–Crippen LogP) is 2.82. The lowest BCUT2D eigenvalue weighted by Gasteiger charge is -2.34. The summed E-state index contributed by atoms with van der Waals surface area (Å²) in [7, 11) is 0. The van der Waals surface area contributed by atoms with Crippen LogP contribution in [0.25, 0.3) is 0 Å². The van der Waals surface area contributed by atoms with Gasteiger partial charge in [-0.1, -0.05) is 13.8 Å². The van der Waals surface area contributed by atoms with Gasteiger partial charge >= 0.3 is 0 Å². The fourth-order valence-electron chi connectivity index (χ4n) is 3.64. The maximum absolute atomic E-state index is 6.08. The molecule has 0 aromatic rings. The molecule has 0 radical (unpaired) electrons. The van der Waals surface area contributed by atoms with Crippen LogP contribution in [0.15, 0.2) is 0 Å². The van der Waals surface area contributed by atoms with Crippen molar-refractivity contribution in [1.82, 2.24) is 4.90 Å². The molecule has 18 heavy (non-hydrogen) atoms. The van der Waals surface area contributed by atoms with E-state index < -0.39 is 0 Å². The second-order valence-electron chi connectivity index (χ2n) is 6.40. The molecule has 2 rings (SSSR count). The molecule has 3 heteroatoms. The summed E-state index contributed by atoms with van der Waals surface area (Å²) in [5, 5.41) is 0. The van der Waals surface area contributed by atoms with Crippen molar-refractivity contribution in [2.24, 2.45) is 23.5 Å². The van der Waals surface area contributed by atoms with Gasteiger partial charge in [0.1, 0.15) is 0 Å². The second-order valence-corrected chi connectivity index (χ2v) is 7.55. The van der Waals surface area contributed by atoms with E-state index in [-0.39, 0.29) is 0 Å². The minimum atomic E-state index is 0.658. The van der Waals surface area contributed by atoms with Crippen molar-refractivity contribution in [1.29, 1.82) is 0 Å². The van der Waals surface area contributed by atoms with E-state index in [1.165, 1.54) is 50.3 Å². The van der Waals surface area contributed by atoms with Crippen molar-refractivity contribution in [2.75, 3.05) is 31.1 Å². The standard InChI is InChI=1S/C15H30N2S/c1-12(2)13-4-3-7-17(8-5-13)15(10-16)14-6-9-18-11-14/h12-15H,3-11,16H2,1-2H3. The molecule has 2 N–H and O–H groups in total. The molecular formula is C15H30N2S. The van der Waals surface area contributed by atoms with Crippen LogP contribution in [0.2, 0.25) is 0 Å². The average Bonchev–Trinajstić information content (AvgIpc) is 2.75. The number of nitrogens with zero attached hydrogens (tertiary/aromatic N) is 1. The van der Waals surface area contributed by atoms with E-state index >= 15 is 0 Å². The zero-order chi connectivity index (χ0) is 13.0. The van der Waals surface area contributed by atoms with Gasteiger partial charge in [-0.05, 0) is 68.0 Å². The van der Waals surface area contributed by atoms with Gasteiger partial charge in [0.15, 0.2) is 0 Å². The lowest BCUT2D eigenvalue weighted by atomic mass is 9.89. The summed E-state index contributed by atoms with van der Waals surface area (Å²) in [6.45, 7) is 8.19. The molecule has 0 aliphatic carbocycles. The van der Waals surface area contributed by atoms with E-state index in [9.17, 15) is 0 Å². The minimum Gasteiger partial charge on any atom is -0.329 e. The van der Waals surface area contributed by atoms with Crippen LogP contribution in [0, 0.1) is 17.8 Å². The number of hydrogen-bond acceptors (Lipinski definition) is 3. The first-order valence-electron chi connectivity index (χ1n) is 7.74. The van der Waals surface area contributed by atoms with Crippen molar-refractivity contribution in [3.05, 3.63) is 0 Å². The van der Waals surface area contributed by atoms with Gasteiger partial charge < -0.3 is 5.73 Å². The van der Waals surface area contributed by atoms with E-state index in [2.05, 4.69) is 30.5 Å². The topological polar surface area (TPSA) is 29.3 Å². The molecule has 0 aromatic heterocycles. The third kappa shape index (κ3) is 3.64. The number of thioether (sulfide) groups is 1. The first-order chi connectivity index (χ1) is 8.72. The summed E-state index contributed by atoms with van der Waals surface area (Å²) < 4.78 is 0. The SMILES string of the molecule is CC(C)C1CCCN(C(CN)C2CCSC2)CC1. The maximum Gasteiger partial charge on any atom is 0.0254 e. The predicted molar refractivity (Wildman–Crippen MR) is 82.0 cm³/mol. The van der Waals surface area contributed by atoms with Gasteiger partial charge in [0.25, 0.3) is 0 Å². The normalized spacial score (nSPS) is 32.7. The van der Waals surface area contributed by atoms with Crippen LogP contribution >= 0.6 is 11.8 Å². The van der Waals surface area contributed by atoms with Gasteiger partial charge in [-0.3, -0.25) is 4.90 Å². The summed E-state index contributed by atoms with van der Waals surface area (Å²) in [6, 6.07) is 0.658. The van der Waals surface area contributed by atoms with E-state index in [0.717, 1.165) is 24.3 Å². The van der Waals surface area contributed by atoms with Gasteiger partial charge in [0.2, 0.25) is 0 Å². The molecule has 3 unspecified atom stereocenters. The molecule has 2 fully saturated rings. The van der Waals surface area contributed by atoms with Crippen LogP contribution in [-0.4, -0.2) is 42.1 Å². The molecule has 2 saturated heterocycles. The zero-order valence-electron chi connectivity index (χ0n) is 12.1. The third-order valence-corrected chi connectivity index (χ3v) is 6.16. The summed E-state index contributed by atoms with van der Waals surface area (Å²) in [4.78, 5) is 2.72. The Kier molecular flexibility index (Phi) is 5.84. The van der Waals surface area contributed by atoms with Crippen molar-refractivity contribution in [3.63, 3.8) is 0 Å². The first-order valence-corrected chi connectivity index (χ1v) is 8.89. The van der Waals surface area contributed by atoms with Crippen molar-refractivity contribution in [2.45, 2.75) is 45.6 Å². The Balaban J connectivity index is 1.90. The monoisotopic (exact) mass is 270 g/mol. The van der Waals surface area contributed by atoms with E-state index in [1.807, 2.05) is 0 Å². The molecule has 2 aliphatic heterocycles. The van der Waals surface area contributed by atoms with Gasteiger partial charge in [-0.25, -0.2) is 0 Å². The van der Waals surface area contributed by atoms with Gasteiger partial charge in [-0.15, -0.1) is 0 Å². The Hall–Kier alpha value is 0.270. The molecule has 2 nitrogen and oxygen atoms in total. The molecule has 0 amide bonds. The van der Waals surface area contributed by atoms with Gasteiger partial charge in [0.05, 0.1) is 0 Å². The number of likely N-dealkylation sites (tertiary alicyclic amines) is 1. The maximum atomic E-state index is 6.08. The minimum absolute atomic E-state index is 0.658. The first kappa shape index (κ1) is 14.7. The molecule has 2 aliphatic rings. The van der Waals surface area contributed by atoms with E-state index in [0.29, 0.717) is 6.04 Å². The highest BCUT2D eigenvalue weighted by Crippen LogP contribution is 2.31. The highest BCUT2D eigenvalue weighted by Gasteiger charge is 2.30. The number of rotatable bonds is 4. The highest BCUT2D eigenvalue weighted by molar-refractivity contribution is 7.99. The highest BCUT2D eigenvalue weighted by atomic mass is 32.2. The molecule has 3 atom stereocenters. The lowest BCUT2D eigenvalue weighted by molar-refractivity contribution is 0.157. The Morgan fingerprint density at radius 2 is 2.00 bits per heavy atom. The lowest BCUT2D eigenvalue weighted by Crippen LogP contribution is -2.46. The Morgan fingerprint density at radius 1 is 1.17 bits per heavy atom. The molecule has 0 aromatic carbocycles. The fourth-order valence-corrected chi connectivity index (χ4v) is 4.97. The number of hydrogen-bond donors (Lipinski definition) is 1. The van der Waals surface area contributed by atoms with Gasteiger partial charge in [-0.2, -0.15) is 11.8 Å². The van der Waals surface area contributed by atoms with E-state index in [4.69, 9.17) is 5.73 Å². The van der Waals surface area contributed by atoms with Crippen LogP contribution in [0.4, 0.5) is 0 Å². The quantitative estimate of drug-likeness (QED) is 0.852. The summed E-state index contributed by atoms with van der Waals surface area (Å²) >= 11 is 2.12. The van der Waals surface area contributed by atoms with Crippen molar-refractivity contribution in [3.8, 4) is 0 Å². The Morgan fingerprint density at radius 3 is 2.61 bits per heavy atom. The molecule has 106 valence electrons. The van der Waals surface area contributed by atoms with Crippen molar-refractivity contribution >= 4 is 11.8 Å². The van der Waals surface area contributed by atoms with Gasteiger partial charge in [0, 0.05) is 12.6 Å². The summed E-state index contributed by atoms with van der Waals surface area (Å²) in [6.07, 6.45) is 5.56. The second kappa shape index (κ2) is 7.16. The van der Waals surface area contributed by atoms with Crippen LogP contribution in [0.3, 0.4) is 0 Å². The van der Waals surface area contributed by atoms with Crippen LogP contribution in [0.1, 0.15) is 39.5 Å². The van der Waals surface area contributed by atoms with E-state index in [1.54, 1.807) is 0 Å². The molecule has 0 spiro atoms. The Labute approximate surface area is 117 Å². The smallest absolute Gasteiger partial charge is 0.0254 e. The van der Waals surface area contributed by atoms with Crippen LogP contribution < -0.4 is 5.73 Å². The van der Waals surface area contributed by atoms with Crippen LogP contribution in [-0.2, 0) is 0 Å². The molecular weight excluding hydrogens is 240 g/mol. The van der Waals surface area contributed by atoms with Crippen molar-refractivity contribution < 1.29 is 0 Å². The zero-order valence-corrected chi connectivity index (χ0v) is 12.9.